The third kappa shape index (κ3) is 2.87. The van der Waals surface area contributed by atoms with Crippen molar-refractivity contribution in [2.24, 2.45) is 5.92 Å². The molecule has 3 nitrogen and oxygen atoms in total. The first-order valence-corrected chi connectivity index (χ1v) is 3.65. The highest BCUT2D eigenvalue weighted by Gasteiger charge is 2.30. The van der Waals surface area contributed by atoms with Crippen LogP contribution in [0.2, 0.25) is 0 Å². The van der Waals surface area contributed by atoms with Gasteiger partial charge in [-0.3, -0.25) is 0 Å². The minimum atomic E-state index is -0.983. The molecule has 0 amide bonds. The summed E-state index contributed by atoms with van der Waals surface area (Å²) in [6.45, 7) is 3.96. The van der Waals surface area contributed by atoms with E-state index in [0.29, 0.717) is 0 Å². The third-order valence-electron chi connectivity index (χ3n) is 1.85. The van der Waals surface area contributed by atoms with E-state index in [1.165, 1.54) is 7.11 Å². The highest BCUT2D eigenvalue weighted by Crippen LogP contribution is 2.20. The lowest BCUT2D eigenvalue weighted by Gasteiger charge is -2.28. The Balaban J connectivity index is 4.15. The molecule has 0 aliphatic heterocycles. The van der Waals surface area contributed by atoms with Crippen LogP contribution in [0.3, 0.4) is 0 Å². The first-order chi connectivity index (χ1) is 5.06. The molecule has 3 heteroatoms. The molecule has 0 aliphatic rings. The zero-order valence-corrected chi connectivity index (χ0v) is 7.29. The number of methoxy groups -OCH3 is 1. The molecule has 1 atom stereocenters. The van der Waals surface area contributed by atoms with Crippen molar-refractivity contribution in [1.29, 1.82) is 5.26 Å². The van der Waals surface area contributed by atoms with Crippen molar-refractivity contribution in [3.8, 4) is 6.07 Å². The second-order valence-electron chi connectivity index (χ2n) is 3.03. The summed E-state index contributed by atoms with van der Waals surface area (Å²) in [6.07, 6.45) is 0.124. The lowest BCUT2D eigenvalue weighted by molar-refractivity contribution is -0.0605. The molecule has 0 saturated heterocycles. The van der Waals surface area contributed by atoms with Gasteiger partial charge in [0.05, 0.1) is 19.1 Å². The van der Waals surface area contributed by atoms with Gasteiger partial charge >= 0.3 is 0 Å². The number of nitriles is 1. The van der Waals surface area contributed by atoms with E-state index in [9.17, 15) is 5.11 Å². The molecule has 0 aliphatic carbocycles. The van der Waals surface area contributed by atoms with Gasteiger partial charge in [-0.15, -0.1) is 0 Å². The predicted octanol–water partition coefficient (Wildman–Crippen LogP) is 0.934. The molecular formula is C8H15NO2. The highest BCUT2D eigenvalue weighted by molar-refractivity contribution is 4.91. The van der Waals surface area contributed by atoms with Crippen LogP contribution < -0.4 is 0 Å². The zero-order valence-electron chi connectivity index (χ0n) is 7.29. The molecule has 0 aromatic rings. The van der Waals surface area contributed by atoms with E-state index in [4.69, 9.17) is 10.00 Å². The van der Waals surface area contributed by atoms with Crippen molar-refractivity contribution in [3.63, 3.8) is 0 Å². The lowest BCUT2D eigenvalue weighted by Crippen LogP contribution is -2.39. The standard InChI is InChI=1S/C8H15NO2/c1-7(2)8(10,4-5-9)6-11-3/h7,10H,4,6H2,1-3H3. The maximum absolute atomic E-state index is 9.74. The van der Waals surface area contributed by atoms with Crippen molar-refractivity contribution in [2.75, 3.05) is 13.7 Å². The summed E-state index contributed by atoms with van der Waals surface area (Å²) >= 11 is 0. The van der Waals surface area contributed by atoms with Gasteiger partial charge in [0.25, 0.3) is 0 Å². The van der Waals surface area contributed by atoms with Gasteiger partial charge in [0.15, 0.2) is 0 Å². The van der Waals surface area contributed by atoms with Crippen LogP contribution in [-0.4, -0.2) is 24.4 Å². The van der Waals surface area contributed by atoms with E-state index in [1.807, 2.05) is 19.9 Å². The predicted molar refractivity (Wildman–Crippen MR) is 41.9 cm³/mol. The van der Waals surface area contributed by atoms with Crippen LogP contribution in [0.25, 0.3) is 0 Å². The van der Waals surface area contributed by atoms with Crippen LogP contribution in [0.4, 0.5) is 0 Å². The summed E-state index contributed by atoms with van der Waals surface area (Å²) in [5, 5.41) is 18.2. The van der Waals surface area contributed by atoms with E-state index in [1.54, 1.807) is 0 Å². The Hall–Kier alpha value is -0.590. The van der Waals surface area contributed by atoms with Crippen LogP contribution in [0.15, 0.2) is 0 Å². The lowest BCUT2D eigenvalue weighted by atomic mass is 9.88. The van der Waals surface area contributed by atoms with E-state index in [0.717, 1.165) is 0 Å². The second kappa shape index (κ2) is 4.32. The largest absolute Gasteiger partial charge is 0.386 e. The number of hydrogen-bond acceptors (Lipinski definition) is 3. The molecule has 0 spiro atoms. The molecule has 0 bridgehead atoms. The maximum Gasteiger partial charge on any atom is 0.103 e. The number of ether oxygens (including phenoxy) is 1. The fourth-order valence-corrected chi connectivity index (χ4v) is 0.809. The molecular weight excluding hydrogens is 142 g/mol. The summed E-state index contributed by atoms with van der Waals surface area (Å²) < 4.78 is 4.82. The van der Waals surface area contributed by atoms with Crippen LogP contribution >= 0.6 is 0 Å². The number of rotatable bonds is 4. The molecule has 0 aromatic heterocycles. The molecule has 0 aromatic carbocycles. The van der Waals surface area contributed by atoms with Crippen molar-refractivity contribution >= 4 is 0 Å². The van der Waals surface area contributed by atoms with Crippen molar-refractivity contribution in [2.45, 2.75) is 25.9 Å². The molecule has 11 heavy (non-hydrogen) atoms. The van der Waals surface area contributed by atoms with Crippen molar-refractivity contribution < 1.29 is 9.84 Å². The minimum absolute atomic E-state index is 0.0436. The molecule has 0 rings (SSSR count). The zero-order chi connectivity index (χ0) is 8.91. The van der Waals surface area contributed by atoms with E-state index >= 15 is 0 Å². The molecule has 0 saturated carbocycles. The molecule has 0 radical (unpaired) electrons. The van der Waals surface area contributed by atoms with Gasteiger partial charge in [0.1, 0.15) is 5.60 Å². The van der Waals surface area contributed by atoms with E-state index in [-0.39, 0.29) is 18.9 Å². The van der Waals surface area contributed by atoms with Gasteiger partial charge in [-0.2, -0.15) is 5.26 Å². The summed E-state index contributed by atoms with van der Waals surface area (Å²) in [6, 6.07) is 1.94. The number of hydrogen-bond donors (Lipinski definition) is 1. The minimum Gasteiger partial charge on any atom is -0.386 e. The first-order valence-electron chi connectivity index (χ1n) is 3.65. The van der Waals surface area contributed by atoms with E-state index < -0.39 is 5.60 Å². The molecule has 1 N–H and O–H groups in total. The van der Waals surface area contributed by atoms with Gasteiger partial charge in [-0.05, 0) is 5.92 Å². The summed E-state index contributed by atoms with van der Waals surface area (Å²) in [7, 11) is 1.52. The Morgan fingerprint density at radius 1 is 1.64 bits per heavy atom. The Labute approximate surface area is 67.6 Å². The van der Waals surface area contributed by atoms with Crippen molar-refractivity contribution in [1.82, 2.24) is 0 Å². The highest BCUT2D eigenvalue weighted by atomic mass is 16.5. The fourth-order valence-electron chi connectivity index (χ4n) is 0.809. The van der Waals surface area contributed by atoms with Gasteiger partial charge in [0, 0.05) is 7.11 Å². The van der Waals surface area contributed by atoms with Gasteiger partial charge in [-0.25, -0.2) is 0 Å². The monoisotopic (exact) mass is 157 g/mol. The van der Waals surface area contributed by atoms with Crippen LogP contribution in [0.1, 0.15) is 20.3 Å². The Morgan fingerprint density at radius 3 is 2.45 bits per heavy atom. The number of nitrogens with zero attached hydrogens (tertiary/aromatic N) is 1. The average Bonchev–Trinajstić information content (AvgIpc) is 1.88. The van der Waals surface area contributed by atoms with Crippen molar-refractivity contribution in [3.05, 3.63) is 0 Å². The Morgan fingerprint density at radius 2 is 2.18 bits per heavy atom. The fraction of sp³-hybridized carbons (Fsp3) is 0.875. The molecule has 0 fully saturated rings. The van der Waals surface area contributed by atoms with Crippen LogP contribution in [0, 0.1) is 17.2 Å². The third-order valence-corrected chi connectivity index (χ3v) is 1.85. The van der Waals surface area contributed by atoms with Gasteiger partial charge in [0.2, 0.25) is 0 Å². The summed E-state index contributed by atoms with van der Waals surface area (Å²) in [4.78, 5) is 0. The molecule has 1 unspecified atom stereocenters. The maximum atomic E-state index is 9.74. The second-order valence-corrected chi connectivity index (χ2v) is 3.03. The smallest absolute Gasteiger partial charge is 0.103 e. The molecule has 64 valence electrons. The first kappa shape index (κ1) is 10.4. The molecule has 0 heterocycles. The van der Waals surface area contributed by atoms with Gasteiger partial charge in [-0.1, -0.05) is 13.8 Å². The summed E-state index contributed by atoms with van der Waals surface area (Å²) in [5.41, 5.74) is -0.983. The van der Waals surface area contributed by atoms with Crippen LogP contribution in [0.5, 0.6) is 0 Å². The Bertz CT molecular complexity index is 151. The number of aliphatic hydroxyl groups is 1. The topological polar surface area (TPSA) is 53.2 Å². The normalized spacial score (nSPS) is 16.0. The van der Waals surface area contributed by atoms with E-state index in [2.05, 4.69) is 0 Å². The summed E-state index contributed by atoms with van der Waals surface area (Å²) in [5.74, 6) is 0.0436. The van der Waals surface area contributed by atoms with Gasteiger partial charge < -0.3 is 9.84 Å². The average molecular weight is 157 g/mol. The van der Waals surface area contributed by atoms with Crippen LogP contribution in [-0.2, 0) is 4.74 Å². The quantitative estimate of drug-likeness (QED) is 0.660. The Kier molecular flexibility index (Phi) is 4.09. The SMILES string of the molecule is COCC(O)(CC#N)C(C)C.